The van der Waals surface area contributed by atoms with E-state index in [2.05, 4.69) is 10.3 Å². The molecule has 0 aliphatic heterocycles. The van der Waals surface area contributed by atoms with Gasteiger partial charge in [0.15, 0.2) is 0 Å². The summed E-state index contributed by atoms with van der Waals surface area (Å²) in [5, 5.41) is 3.66. The van der Waals surface area contributed by atoms with Crippen LogP contribution in [0.15, 0.2) is 48.8 Å². The minimum Gasteiger partial charge on any atom is -0.322 e. The van der Waals surface area contributed by atoms with Gasteiger partial charge in [-0.05, 0) is 35.9 Å². The van der Waals surface area contributed by atoms with Crippen LogP contribution in [0.5, 0.6) is 0 Å². The van der Waals surface area contributed by atoms with Gasteiger partial charge in [0, 0.05) is 24.2 Å². The number of aromatic nitrogens is 1. The fraction of sp³-hybridized carbons (Fsp3) is 0. The van der Waals surface area contributed by atoms with Crippen molar-refractivity contribution in [2.24, 2.45) is 0 Å². The largest absolute Gasteiger partial charge is 0.322 e. The first-order chi connectivity index (χ1) is 9.15. The van der Waals surface area contributed by atoms with Gasteiger partial charge in [-0.3, -0.25) is 9.78 Å². The lowest BCUT2D eigenvalue weighted by Crippen LogP contribution is -2.07. The minimum atomic E-state index is -0.225. The third-order valence-electron chi connectivity index (χ3n) is 2.32. The van der Waals surface area contributed by atoms with Crippen LogP contribution in [-0.4, -0.2) is 10.9 Å². The van der Waals surface area contributed by atoms with E-state index in [9.17, 15) is 4.79 Å². The van der Waals surface area contributed by atoms with Crippen molar-refractivity contribution in [3.63, 3.8) is 0 Å². The lowest BCUT2D eigenvalue weighted by molar-refractivity contribution is -0.111. The number of nitrogens with zero attached hydrogens (tertiary/aromatic N) is 1. The number of carbonyl (C=O) groups is 1. The van der Waals surface area contributed by atoms with Gasteiger partial charge in [-0.15, -0.1) is 0 Å². The molecule has 1 aromatic heterocycles. The highest BCUT2D eigenvalue weighted by atomic mass is 35.5. The molecule has 0 bridgehead atoms. The van der Waals surface area contributed by atoms with Crippen LogP contribution >= 0.6 is 23.2 Å². The average molecular weight is 293 g/mol. The average Bonchev–Trinajstić information content (AvgIpc) is 2.41. The van der Waals surface area contributed by atoms with Crippen molar-refractivity contribution in [2.45, 2.75) is 0 Å². The summed E-state index contributed by atoms with van der Waals surface area (Å²) in [5.41, 5.74) is 1.50. The number of nitrogens with one attached hydrogen (secondary N) is 1. The van der Waals surface area contributed by atoms with Gasteiger partial charge in [-0.1, -0.05) is 29.3 Å². The second-order valence-electron chi connectivity index (χ2n) is 3.73. The van der Waals surface area contributed by atoms with E-state index in [1.54, 1.807) is 48.8 Å². The van der Waals surface area contributed by atoms with Gasteiger partial charge < -0.3 is 5.32 Å². The Morgan fingerprint density at radius 1 is 1.11 bits per heavy atom. The highest BCUT2D eigenvalue weighted by Crippen LogP contribution is 2.23. The van der Waals surface area contributed by atoms with Crippen molar-refractivity contribution < 1.29 is 4.79 Å². The molecule has 1 amide bonds. The molecule has 0 unspecified atom stereocenters. The summed E-state index contributed by atoms with van der Waals surface area (Å²) < 4.78 is 0. The molecule has 1 aromatic carbocycles. The van der Waals surface area contributed by atoms with Gasteiger partial charge >= 0.3 is 0 Å². The van der Waals surface area contributed by atoms with Crippen molar-refractivity contribution in [1.82, 2.24) is 4.98 Å². The van der Waals surface area contributed by atoms with Crippen molar-refractivity contribution in [3.8, 4) is 0 Å². The van der Waals surface area contributed by atoms with Crippen molar-refractivity contribution in [1.29, 1.82) is 0 Å². The third kappa shape index (κ3) is 4.09. The molecule has 2 aromatic rings. The van der Waals surface area contributed by atoms with Crippen LogP contribution in [0.3, 0.4) is 0 Å². The van der Waals surface area contributed by atoms with Gasteiger partial charge in [0.25, 0.3) is 0 Å². The first-order valence-electron chi connectivity index (χ1n) is 5.49. The first-order valence-corrected chi connectivity index (χ1v) is 6.25. The maximum Gasteiger partial charge on any atom is 0.248 e. The Labute approximate surface area is 120 Å². The molecule has 96 valence electrons. The van der Waals surface area contributed by atoms with Crippen molar-refractivity contribution >= 4 is 40.9 Å². The Kier molecular flexibility index (Phi) is 4.55. The van der Waals surface area contributed by atoms with Gasteiger partial charge in [0.05, 0.1) is 10.0 Å². The molecule has 0 aliphatic carbocycles. The molecule has 0 saturated carbocycles. The number of hydrogen-bond donors (Lipinski definition) is 1. The quantitative estimate of drug-likeness (QED) is 0.868. The fourth-order valence-corrected chi connectivity index (χ4v) is 1.71. The monoisotopic (exact) mass is 292 g/mol. The van der Waals surface area contributed by atoms with Gasteiger partial charge in [0.1, 0.15) is 0 Å². The van der Waals surface area contributed by atoms with Crippen LogP contribution in [0.4, 0.5) is 5.69 Å². The van der Waals surface area contributed by atoms with E-state index < -0.39 is 0 Å². The molecular weight excluding hydrogens is 283 g/mol. The van der Waals surface area contributed by atoms with Gasteiger partial charge in [-0.2, -0.15) is 0 Å². The summed E-state index contributed by atoms with van der Waals surface area (Å²) in [6, 6.07) is 8.59. The molecule has 0 aliphatic rings. The molecule has 1 heterocycles. The fourth-order valence-electron chi connectivity index (χ4n) is 1.41. The van der Waals surface area contributed by atoms with Gasteiger partial charge in [-0.25, -0.2) is 0 Å². The Balaban J connectivity index is 2.02. The van der Waals surface area contributed by atoms with Crippen LogP contribution in [-0.2, 0) is 4.79 Å². The lowest BCUT2D eigenvalue weighted by Gasteiger charge is -2.00. The number of rotatable bonds is 3. The number of benzene rings is 1. The number of carbonyl (C=O) groups excluding carboxylic acids is 1. The number of anilines is 1. The topological polar surface area (TPSA) is 42.0 Å². The SMILES string of the molecule is O=C(C=Cc1ccc(Cl)c(Cl)c1)Nc1ccncc1. The van der Waals surface area contributed by atoms with E-state index in [0.29, 0.717) is 15.7 Å². The molecule has 1 N–H and O–H groups in total. The zero-order chi connectivity index (χ0) is 13.7. The molecule has 2 rings (SSSR count). The summed E-state index contributed by atoms with van der Waals surface area (Å²) in [6.45, 7) is 0. The molecule has 3 nitrogen and oxygen atoms in total. The molecule has 0 fully saturated rings. The number of hydrogen-bond acceptors (Lipinski definition) is 2. The zero-order valence-electron chi connectivity index (χ0n) is 9.81. The molecule has 0 atom stereocenters. The van der Waals surface area contributed by atoms with E-state index in [4.69, 9.17) is 23.2 Å². The van der Waals surface area contributed by atoms with E-state index in [1.807, 2.05) is 0 Å². The Morgan fingerprint density at radius 3 is 2.53 bits per heavy atom. The van der Waals surface area contributed by atoms with Crippen molar-refractivity contribution in [3.05, 3.63) is 64.4 Å². The predicted octanol–water partition coefficient (Wildman–Crippen LogP) is 4.04. The lowest BCUT2D eigenvalue weighted by atomic mass is 10.2. The Morgan fingerprint density at radius 2 is 1.84 bits per heavy atom. The van der Waals surface area contributed by atoms with E-state index in [-0.39, 0.29) is 5.91 Å². The second kappa shape index (κ2) is 6.36. The maximum atomic E-state index is 11.7. The van der Waals surface area contributed by atoms with Crippen LogP contribution in [0.25, 0.3) is 6.08 Å². The summed E-state index contributed by atoms with van der Waals surface area (Å²) in [4.78, 5) is 15.5. The number of pyridine rings is 1. The Hall–Kier alpha value is -1.84. The van der Waals surface area contributed by atoms with Crippen LogP contribution in [0.2, 0.25) is 10.0 Å². The summed E-state index contributed by atoms with van der Waals surface area (Å²) in [7, 11) is 0. The van der Waals surface area contributed by atoms with E-state index >= 15 is 0 Å². The summed E-state index contributed by atoms with van der Waals surface area (Å²) >= 11 is 11.7. The van der Waals surface area contributed by atoms with Crippen LogP contribution in [0, 0.1) is 0 Å². The maximum absolute atomic E-state index is 11.7. The third-order valence-corrected chi connectivity index (χ3v) is 3.06. The summed E-state index contributed by atoms with van der Waals surface area (Å²) in [6.07, 6.45) is 6.31. The minimum absolute atomic E-state index is 0.225. The van der Waals surface area contributed by atoms with Crippen LogP contribution < -0.4 is 5.32 Å². The molecule has 0 spiro atoms. The molecule has 0 radical (unpaired) electrons. The predicted molar refractivity (Wildman–Crippen MR) is 78.4 cm³/mol. The van der Waals surface area contributed by atoms with Crippen molar-refractivity contribution in [2.75, 3.05) is 5.32 Å². The molecular formula is C14H10Cl2N2O. The Bertz CT molecular complexity index is 612. The standard InChI is InChI=1S/C14H10Cl2N2O/c15-12-3-1-10(9-13(12)16)2-4-14(19)18-11-5-7-17-8-6-11/h1-9H,(H,17,18,19). The number of halogens is 2. The van der Waals surface area contributed by atoms with E-state index in [1.165, 1.54) is 6.08 Å². The van der Waals surface area contributed by atoms with Crippen LogP contribution in [0.1, 0.15) is 5.56 Å². The molecule has 19 heavy (non-hydrogen) atoms. The normalized spacial score (nSPS) is 10.6. The first kappa shape index (κ1) is 13.6. The summed E-state index contributed by atoms with van der Waals surface area (Å²) in [5.74, 6) is -0.225. The zero-order valence-corrected chi connectivity index (χ0v) is 11.3. The van der Waals surface area contributed by atoms with E-state index in [0.717, 1.165) is 5.56 Å². The molecule has 5 heteroatoms. The highest BCUT2D eigenvalue weighted by molar-refractivity contribution is 6.42. The highest BCUT2D eigenvalue weighted by Gasteiger charge is 1.99. The van der Waals surface area contributed by atoms with Gasteiger partial charge in [0.2, 0.25) is 5.91 Å². The number of amides is 1. The smallest absolute Gasteiger partial charge is 0.248 e. The second-order valence-corrected chi connectivity index (χ2v) is 4.55. The molecule has 0 saturated heterocycles.